The van der Waals surface area contributed by atoms with E-state index < -0.39 is 9.84 Å². The summed E-state index contributed by atoms with van der Waals surface area (Å²) in [4.78, 5) is 11.9. The summed E-state index contributed by atoms with van der Waals surface area (Å²) in [5.74, 6) is -0.219. The third-order valence-electron chi connectivity index (χ3n) is 2.91. The van der Waals surface area contributed by atoms with E-state index in [-0.39, 0.29) is 29.8 Å². The molecule has 1 N–H and O–H groups in total. The van der Waals surface area contributed by atoms with E-state index in [1.54, 1.807) is 6.07 Å². The number of sulfone groups is 1. The fourth-order valence-electron chi connectivity index (χ4n) is 2.02. The summed E-state index contributed by atoms with van der Waals surface area (Å²) in [6, 6.07) is 7.35. The van der Waals surface area contributed by atoms with Gasteiger partial charge in [0.15, 0.2) is 9.84 Å². The maximum Gasteiger partial charge on any atom is 0.225 e. The minimum absolute atomic E-state index is 0.0231. The van der Waals surface area contributed by atoms with Gasteiger partial charge >= 0.3 is 0 Å². The van der Waals surface area contributed by atoms with Crippen molar-refractivity contribution >= 4 is 21.4 Å². The normalized spacial score (nSPS) is 11.6. The lowest BCUT2D eigenvalue weighted by atomic mass is 10.2. The van der Waals surface area contributed by atoms with Crippen LogP contribution in [0.2, 0.25) is 0 Å². The first-order chi connectivity index (χ1) is 10.3. The number of amides is 1. The summed E-state index contributed by atoms with van der Waals surface area (Å²) in [5, 5.41) is 2.73. The fraction of sp³-hybridized carbons (Fsp3) is 0.562. The molecule has 0 bridgehead atoms. The number of hydrogen-bond acceptors (Lipinski definition) is 4. The van der Waals surface area contributed by atoms with Gasteiger partial charge in [0.1, 0.15) is 0 Å². The zero-order valence-corrected chi connectivity index (χ0v) is 14.3. The molecule has 0 radical (unpaired) electrons. The molecule has 0 saturated heterocycles. The first-order valence-electron chi connectivity index (χ1n) is 7.49. The van der Waals surface area contributed by atoms with Crippen molar-refractivity contribution in [2.24, 2.45) is 5.92 Å². The molecule has 1 rings (SSSR count). The van der Waals surface area contributed by atoms with Gasteiger partial charge in [0.2, 0.25) is 5.91 Å². The number of benzene rings is 1. The number of hydrogen-bond donors (Lipinski definition) is 1. The first kappa shape index (κ1) is 18.6. The quantitative estimate of drug-likeness (QED) is 0.757. The average Bonchev–Trinajstić information content (AvgIpc) is 2.42. The third-order valence-corrected chi connectivity index (χ3v) is 4.91. The van der Waals surface area contributed by atoms with Crippen molar-refractivity contribution in [3.8, 4) is 0 Å². The molecule has 1 aromatic rings. The van der Waals surface area contributed by atoms with Crippen molar-refractivity contribution in [3.05, 3.63) is 29.8 Å². The van der Waals surface area contributed by atoms with Crippen molar-refractivity contribution in [3.63, 3.8) is 0 Å². The van der Waals surface area contributed by atoms with Crippen LogP contribution >= 0.6 is 0 Å². The number of carbonyl (C=O) groups excluding carboxylic acids is 1. The molecule has 0 aromatic heterocycles. The highest BCUT2D eigenvalue weighted by Gasteiger charge is 2.15. The van der Waals surface area contributed by atoms with Crippen LogP contribution in [0.25, 0.3) is 0 Å². The van der Waals surface area contributed by atoms with Crippen LogP contribution < -0.4 is 5.32 Å². The van der Waals surface area contributed by atoms with E-state index >= 15 is 0 Å². The zero-order valence-electron chi connectivity index (χ0n) is 13.5. The molecule has 1 aromatic carbocycles. The predicted molar refractivity (Wildman–Crippen MR) is 88.5 cm³/mol. The highest BCUT2D eigenvalue weighted by atomic mass is 32.2. The maximum atomic E-state index is 11.9. The summed E-state index contributed by atoms with van der Waals surface area (Å²) in [6.07, 6.45) is -0.0231. The van der Waals surface area contributed by atoms with E-state index in [1.807, 2.05) is 39.0 Å². The van der Waals surface area contributed by atoms with Crippen molar-refractivity contribution in [1.82, 2.24) is 0 Å². The Labute approximate surface area is 133 Å². The summed E-state index contributed by atoms with van der Waals surface area (Å²) in [7, 11) is -3.17. The monoisotopic (exact) mass is 327 g/mol. The molecule has 6 heteroatoms. The van der Waals surface area contributed by atoms with Gasteiger partial charge in [-0.15, -0.1) is 0 Å². The number of nitrogens with one attached hydrogen (secondary N) is 1. The molecule has 5 nitrogen and oxygen atoms in total. The van der Waals surface area contributed by atoms with Gasteiger partial charge in [0.05, 0.1) is 18.1 Å². The number of rotatable bonds is 9. The van der Waals surface area contributed by atoms with Gasteiger partial charge in [-0.3, -0.25) is 4.79 Å². The van der Waals surface area contributed by atoms with Gasteiger partial charge in [0, 0.05) is 18.7 Å². The second-order valence-electron chi connectivity index (χ2n) is 5.64. The van der Waals surface area contributed by atoms with Crippen LogP contribution in [-0.2, 0) is 26.0 Å². The Kier molecular flexibility index (Phi) is 7.55. The lowest BCUT2D eigenvalue weighted by Gasteiger charge is -2.09. The summed E-state index contributed by atoms with van der Waals surface area (Å²) in [6.45, 7) is 6.74. The maximum absolute atomic E-state index is 11.9. The Balaban J connectivity index is 2.51. The molecule has 0 saturated carbocycles. The van der Waals surface area contributed by atoms with Crippen molar-refractivity contribution < 1.29 is 17.9 Å². The van der Waals surface area contributed by atoms with Crippen LogP contribution in [0.15, 0.2) is 24.3 Å². The predicted octanol–water partition coefficient (Wildman–Crippen LogP) is 2.62. The Morgan fingerprint density at radius 3 is 2.68 bits per heavy atom. The smallest absolute Gasteiger partial charge is 0.225 e. The Morgan fingerprint density at radius 2 is 2.05 bits per heavy atom. The van der Waals surface area contributed by atoms with E-state index in [0.29, 0.717) is 18.9 Å². The van der Waals surface area contributed by atoms with E-state index in [1.165, 1.54) is 0 Å². The van der Waals surface area contributed by atoms with Gasteiger partial charge < -0.3 is 10.1 Å². The van der Waals surface area contributed by atoms with Crippen LogP contribution in [0.4, 0.5) is 5.69 Å². The largest absolute Gasteiger partial charge is 0.377 e. The van der Waals surface area contributed by atoms with Gasteiger partial charge in [-0.1, -0.05) is 26.0 Å². The Hall–Kier alpha value is -1.40. The minimum atomic E-state index is -3.17. The molecule has 1 amide bonds. The summed E-state index contributed by atoms with van der Waals surface area (Å²) >= 11 is 0. The number of anilines is 1. The molecule has 0 aliphatic rings. The van der Waals surface area contributed by atoms with Gasteiger partial charge in [-0.05, 0) is 30.5 Å². The second kappa shape index (κ2) is 8.90. The number of ether oxygens (including phenoxy) is 1. The van der Waals surface area contributed by atoms with Crippen LogP contribution in [0.5, 0.6) is 0 Å². The molecular weight excluding hydrogens is 302 g/mol. The summed E-state index contributed by atoms with van der Waals surface area (Å²) < 4.78 is 28.9. The van der Waals surface area contributed by atoms with Crippen LogP contribution in [0.1, 0.15) is 32.8 Å². The van der Waals surface area contributed by atoms with Crippen molar-refractivity contribution in [2.45, 2.75) is 33.8 Å². The van der Waals surface area contributed by atoms with Crippen molar-refractivity contribution in [2.75, 3.05) is 23.4 Å². The van der Waals surface area contributed by atoms with Gasteiger partial charge in [0.25, 0.3) is 0 Å². The highest BCUT2D eigenvalue weighted by molar-refractivity contribution is 7.91. The molecule has 0 spiro atoms. The number of carbonyl (C=O) groups is 1. The zero-order chi connectivity index (χ0) is 16.6. The van der Waals surface area contributed by atoms with E-state index in [2.05, 4.69) is 5.32 Å². The molecular formula is C16H25NO4S. The van der Waals surface area contributed by atoms with Gasteiger partial charge in [-0.2, -0.15) is 0 Å². The van der Waals surface area contributed by atoms with Crippen molar-refractivity contribution in [1.29, 1.82) is 0 Å². The lowest BCUT2D eigenvalue weighted by Crippen LogP contribution is -2.21. The second-order valence-corrected chi connectivity index (χ2v) is 7.87. The van der Waals surface area contributed by atoms with Gasteiger partial charge in [-0.25, -0.2) is 8.42 Å². The SMILES string of the molecule is CCOCc1cccc(NC(=O)CCS(=O)(=O)CC(C)C)c1. The fourth-order valence-corrected chi connectivity index (χ4v) is 3.70. The van der Waals surface area contributed by atoms with E-state index in [4.69, 9.17) is 4.74 Å². The molecule has 0 heterocycles. The van der Waals surface area contributed by atoms with Crippen LogP contribution in [0.3, 0.4) is 0 Å². The molecule has 0 atom stereocenters. The summed E-state index contributed by atoms with van der Waals surface area (Å²) in [5.41, 5.74) is 1.62. The average molecular weight is 327 g/mol. The highest BCUT2D eigenvalue weighted by Crippen LogP contribution is 2.12. The molecule has 22 heavy (non-hydrogen) atoms. The standard InChI is InChI=1S/C16H25NO4S/c1-4-21-11-14-6-5-7-15(10-14)17-16(18)8-9-22(19,20)12-13(2)3/h5-7,10,13H,4,8-9,11-12H2,1-3H3,(H,17,18). The van der Waals surface area contributed by atoms with Crippen LogP contribution in [-0.4, -0.2) is 32.4 Å². The Morgan fingerprint density at radius 1 is 1.32 bits per heavy atom. The first-order valence-corrected chi connectivity index (χ1v) is 9.31. The van der Waals surface area contributed by atoms with Crippen LogP contribution in [0, 0.1) is 5.92 Å². The molecule has 0 aliphatic carbocycles. The molecule has 124 valence electrons. The molecule has 0 unspecified atom stereocenters. The topological polar surface area (TPSA) is 72.5 Å². The third kappa shape index (κ3) is 7.56. The molecule has 0 aliphatic heterocycles. The Bertz CT molecular complexity index is 582. The van der Waals surface area contributed by atoms with E-state index in [9.17, 15) is 13.2 Å². The van der Waals surface area contributed by atoms with E-state index in [0.717, 1.165) is 5.56 Å². The lowest BCUT2D eigenvalue weighted by molar-refractivity contribution is -0.115. The minimum Gasteiger partial charge on any atom is -0.377 e. The molecule has 0 fully saturated rings.